The number of para-hydroxylation sites is 1. The number of rotatable bonds is 7. The molecule has 2 heterocycles. The minimum atomic E-state index is -0.221. The Kier molecular flexibility index (Phi) is 6.33. The van der Waals surface area contributed by atoms with Crippen LogP contribution in [0.15, 0.2) is 60.9 Å². The molecular weight excluding hydrogens is 416 g/mol. The second-order valence-corrected chi connectivity index (χ2v) is 8.28. The molecule has 0 bridgehead atoms. The number of aromatic nitrogens is 2. The number of H-pyrrole nitrogens is 1. The summed E-state index contributed by atoms with van der Waals surface area (Å²) in [7, 11) is 7.31. The molecule has 170 valence electrons. The molecule has 0 radical (unpaired) electrons. The Morgan fingerprint density at radius 1 is 1.03 bits per heavy atom. The molecule has 2 aromatic carbocycles. The average molecular weight is 445 g/mol. The van der Waals surface area contributed by atoms with E-state index < -0.39 is 0 Å². The first-order valence-corrected chi connectivity index (χ1v) is 10.7. The quantitative estimate of drug-likeness (QED) is 0.446. The van der Waals surface area contributed by atoms with Crippen molar-refractivity contribution in [1.29, 1.82) is 0 Å². The molecule has 0 aliphatic carbocycles. The van der Waals surface area contributed by atoms with Gasteiger partial charge in [-0.25, -0.2) is 4.98 Å². The number of amides is 1. The summed E-state index contributed by atoms with van der Waals surface area (Å²) in [6.45, 7) is 1.30. The van der Waals surface area contributed by atoms with Crippen LogP contribution in [-0.4, -0.2) is 72.1 Å². The van der Waals surface area contributed by atoms with Crippen LogP contribution in [0.1, 0.15) is 10.4 Å². The van der Waals surface area contributed by atoms with Crippen molar-refractivity contribution in [3.8, 4) is 33.8 Å². The maximum Gasteiger partial charge on any atom is 0.257 e. The van der Waals surface area contributed by atoms with Gasteiger partial charge in [-0.05, 0) is 43.9 Å². The van der Waals surface area contributed by atoms with Crippen LogP contribution < -0.4 is 4.74 Å². The fourth-order valence-corrected chi connectivity index (χ4v) is 3.80. The zero-order valence-electron chi connectivity index (χ0n) is 19.3. The molecule has 7 nitrogen and oxygen atoms in total. The van der Waals surface area contributed by atoms with Crippen LogP contribution in [0.25, 0.3) is 33.3 Å². The monoisotopic (exact) mass is 444 g/mol. The molecule has 0 aliphatic heterocycles. The van der Waals surface area contributed by atoms with E-state index in [1.165, 1.54) is 0 Å². The molecule has 4 aromatic rings. The lowest BCUT2D eigenvalue weighted by Gasteiger charge is -2.20. The van der Waals surface area contributed by atoms with Crippen LogP contribution in [-0.2, 0) is 0 Å². The summed E-state index contributed by atoms with van der Waals surface area (Å²) in [4.78, 5) is 24.4. The number of likely N-dealkylation sites (N-methyl/N-ethyl adjacent to an activating group) is 2. The topological polar surface area (TPSA) is 81.7 Å². The predicted octanol–water partition coefficient (Wildman–Crippen LogP) is 4.24. The zero-order chi connectivity index (χ0) is 23.5. The van der Waals surface area contributed by atoms with Crippen molar-refractivity contribution in [1.82, 2.24) is 19.8 Å². The first-order chi connectivity index (χ1) is 15.9. The van der Waals surface area contributed by atoms with Gasteiger partial charge in [0.15, 0.2) is 0 Å². The minimum absolute atomic E-state index is 0.0363. The molecule has 0 aliphatic rings. The molecule has 0 fully saturated rings. The number of hydrogen-bond donors (Lipinski definition) is 2. The maximum atomic E-state index is 13.0. The molecule has 7 heteroatoms. The Balaban J connectivity index is 1.72. The highest BCUT2D eigenvalue weighted by Crippen LogP contribution is 2.36. The van der Waals surface area contributed by atoms with E-state index in [0.29, 0.717) is 6.54 Å². The van der Waals surface area contributed by atoms with Crippen LogP contribution in [0.4, 0.5) is 0 Å². The molecule has 0 spiro atoms. The number of pyridine rings is 1. The SMILES string of the molecule is COc1ccccc1-c1c[nH]c2ncc(-c3ccc(O)c(C(=O)N(C)CCN(C)C)c3)cc12. The third-order valence-corrected chi connectivity index (χ3v) is 5.72. The molecule has 0 atom stereocenters. The van der Waals surface area contributed by atoms with E-state index in [2.05, 4.69) is 9.97 Å². The number of carbonyl (C=O) groups excluding carboxylic acids is 1. The minimum Gasteiger partial charge on any atom is -0.507 e. The number of methoxy groups -OCH3 is 1. The van der Waals surface area contributed by atoms with E-state index in [9.17, 15) is 9.90 Å². The number of carbonyl (C=O) groups is 1. The van der Waals surface area contributed by atoms with E-state index in [0.717, 1.165) is 45.6 Å². The lowest BCUT2D eigenvalue weighted by molar-refractivity contribution is 0.0783. The van der Waals surface area contributed by atoms with E-state index in [4.69, 9.17) is 4.74 Å². The van der Waals surface area contributed by atoms with Crippen molar-refractivity contribution in [3.05, 3.63) is 66.5 Å². The smallest absolute Gasteiger partial charge is 0.257 e. The van der Waals surface area contributed by atoms with Crippen molar-refractivity contribution in [2.45, 2.75) is 0 Å². The Bertz CT molecular complexity index is 1300. The molecule has 2 aromatic heterocycles. The average Bonchev–Trinajstić information content (AvgIpc) is 3.25. The lowest BCUT2D eigenvalue weighted by Crippen LogP contribution is -2.33. The number of nitrogens with one attached hydrogen (secondary N) is 1. The Morgan fingerprint density at radius 3 is 2.58 bits per heavy atom. The van der Waals surface area contributed by atoms with Gasteiger partial charge in [-0.3, -0.25) is 4.79 Å². The summed E-state index contributed by atoms with van der Waals surface area (Å²) >= 11 is 0. The van der Waals surface area contributed by atoms with Crippen LogP contribution in [0.3, 0.4) is 0 Å². The molecule has 0 saturated carbocycles. The van der Waals surface area contributed by atoms with E-state index >= 15 is 0 Å². The van der Waals surface area contributed by atoms with Gasteiger partial charge in [0.1, 0.15) is 17.1 Å². The van der Waals surface area contributed by atoms with Crippen molar-refractivity contribution in [2.75, 3.05) is 41.3 Å². The molecule has 0 unspecified atom stereocenters. The van der Waals surface area contributed by atoms with Crippen molar-refractivity contribution >= 4 is 16.9 Å². The van der Waals surface area contributed by atoms with E-state index in [-0.39, 0.29) is 17.2 Å². The fourth-order valence-electron chi connectivity index (χ4n) is 3.80. The number of hydrogen-bond acceptors (Lipinski definition) is 5. The second kappa shape index (κ2) is 9.34. The van der Waals surface area contributed by atoms with E-state index in [1.807, 2.05) is 55.5 Å². The standard InChI is InChI=1S/C26H28N4O3/c1-29(2)11-12-30(3)26(32)21-13-17(9-10-23(21)31)18-14-20-22(16-28-25(20)27-15-18)19-7-5-6-8-24(19)33-4/h5-10,13-16,31H,11-12H2,1-4H3,(H,27,28). The number of aromatic amines is 1. The third kappa shape index (κ3) is 4.54. The number of phenolic OH excluding ortho intramolecular Hbond substituents is 1. The normalized spacial score (nSPS) is 11.2. The van der Waals surface area contributed by atoms with E-state index in [1.54, 1.807) is 43.5 Å². The summed E-state index contributed by atoms with van der Waals surface area (Å²) in [6, 6.07) is 15.0. The van der Waals surface area contributed by atoms with Crippen molar-refractivity contribution < 1.29 is 14.6 Å². The first-order valence-electron chi connectivity index (χ1n) is 10.7. The highest BCUT2D eigenvalue weighted by Gasteiger charge is 2.18. The van der Waals surface area contributed by atoms with Gasteiger partial charge in [-0.1, -0.05) is 24.3 Å². The van der Waals surface area contributed by atoms with Gasteiger partial charge in [0.2, 0.25) is 0 Å². The number of nitrogens with zero attached hydrogens (tertiary/aromatic N) is 3. The number of aromatic hydroxyl groups is 1. The predicted molar refractivity (Wildman–Crippen MR) is 131 cm³/mol. The zero-order valence-corrected chi connectivity index (χ0v) is 19.3. The molecule has 2 N–H and O–H groups in total. The summed E-state index contributed by atoms with van der Waals surface area (Å²) < 4.78 is 5.54. The summed E-state index contributed by atoms with van der Waals surface area (Å²) in [5.41, 5.74) is 4.64. The summed E-state index contributed by atoms with van der Waals surface area (Å²) in [6.07, 6.45) is 3.69. The highest BCUT2D eigenvalue weighted by atomic mass is 16.5. The first kappa shape index (κ1) is 22.4. The molecule has 1 amide bonds. The fraction of sp³-hybridized carbons (Fsp3) is 0.231. The largest absolute Gasteiger partial charge is 0.507 e. The summed E-state index contributed by atoms with van der Waals surface area (Å²) in [5.74, 6) is 0.523. The number of fused-ring (bicyclic) bond motifs is 1. The molecule has 0 saturated heterocycles. The van der Waals surface area contributed by atoms with Gasteiger partial charge >= 0.3 is 0 Å². The van der Waals surface area contributed by atoms with Gasteiger partial charge < -0.3 is 24.6 Å². The highest BCUT2D eigenvalue weighted by molar-refractivity contribution is 5.99. The van der Waals surface area contributed by atoms with Gasteiger partial charge in [0, 0.05) is 54.6 Å². The maximum absolute atomic E-state index is 13.0. The Labute approximate surface area is 193 Å². The van der Waals surface area contributed by atoms with Crippen LogP contribution in [0.5, 0.6) is 11.5 Å². The summed E-state index contributed by atoms with van der Waals surface area (Å²) in [5, 5.41) is 11.3. The van der Waals surface area contributed by atoms with Gasteiger partial charge in [-0.15, -0.1) is 0 Å². The number of ether oxygens (including phenoxy) is 1. The van der Waals surface area contributed by atoms with Crippen LogP contribution >= 0.6 is 0 Å². The van der Waals surface area contributed by atoms with Gasteiger partial charge in [0.05, 0.1) is 12.7 Å². The van der Waals surface area contributed by atoms with Crippen LogP contribution in [0, 0.1) is 0 Å². The Hall–Kier alpha value is -3.84. The number of phenols is 1. The molecule has 33 heavy (non-hydrogen) atoms. The van der Waals surface area contributed by atoms with Gasteiger partial charge in [0.25, 0.3) is 5.91 Å². The second-order valence-electron chi connectivity index (χ2n) is 8.28. The van der Waals surface area contributed by atoms with Crippen molar-refractivity contribution in [3.63, 3.8) is 0 Å². The molecule has 4 rings (SSSR count). The number of benzene rings is 2. The molecular formula is C26H28N4O3. The van der Waals surface area contributed by atoms with Crippen LogP contribution in [0.2, 0.25) is 0 Å². The third-order valence-electron chi connectivity index (χ3n) is 5.72. The van der Waals surface area contributed by atoms with Gasteiger partial charge in [-0.2, -0.15) is 0 Å². The van der Waals surface area contributed by atoms with Crippen molar-refractivity contribution in [2.24, 2.45) is 0 Å². The Morgan fingerprint density at radius 2 is 1.82 bits per heavy atom. The lowest BCUT2D eigenvalue weighted by atomic mass is 10.00.